The Morgan fingerprint density at radius 2 is 1.86 bits per heavy atom. The minimum absolute atomic E-state index is 0.181. The Kier molecular flexibility index (Phi) is 7.14. The fraction of sp³-hybridized carbons (Fsp3) is 0.179. The fourth-order valence-electron chi connectivity index (χ4n) is 4.56. The van der Waals surface area contributed by atoms with Crippen LogP contribution in [0, 0.1) is 5.82 Å². The molecule has 0 saturated carbocycles. The summed E-state index contributed by atoms with van der Waals surface area (Å²) in [5.74, 6) is 0.246. The van der Waals surface area contributed by atoms with E-state index in [2.05, 4.69) is 26.3 Å². The quantitative estimate of drug-likeness (QED) is 0.321. The van der Waals surface area contributed by atoms with Crippen LogP contribution in [0.5, 0.6) is 5.75 Å². The second-order valence-electron chi connectivity index (χ2n) is 8.63. The standard InChI is InChI=1S/C28H26FN5O2S/c1-36-22-13-11-21(12-14-22)33-17-4-6-24(33)27-26(23-5-2-3-16-30-23)32-28(37)34(27)18-15-25(35)31-20-9-7-19(29)8-10-20/h2-14,16-17,26-27H,15,18H2,1H3,(H,31,35)(H,32,37)/t26-,27+/m1/s1. The van der Waals surface area contributed by atoms with Crippen LogP contribution in [-0.2, 0) is 4.79 Å². The maximum Gasteiger partial charge on any atom is 0.226 e. The lowest BCUT2D eigenvalue weighted by molar-refractivity contribution is -0.116. The molecule has 1 aliphatic heterocycles. The van der Waals surface area contributed by atoms with Gasteiger partial charge in [0, 0.05) is 42.4 Å². The smallest absolute Gasteiger partial charge is 0.226 e. The highest BCUT2D eigenvalue weighted by Gasteiger charge is 2.41. The number of rotatable bonds is 8. The topological polar surface area (TPSA) is 71.4 Å². The summed E-state index contributed by atoms with van der Waals surface area (Å²) in [5.41, 5.74) is 3.39. The van der Waals surface area contributed by atoms with E-state index < -0.39 is 0 Å². The number of anilines is 1. The number of nitrogens with zero attached hydrogens (tertiary/aromatic N) is 3. The van der Waals surface area contributed by atoms with Crippen molar-refractivity contribution in [3.05, 3.63) is 108 Å². The normalized spacial score (nSPS) is 16.9. The second-order valence-corrected chi connectivity index (χ2v) is 9.01. The first kappa shape index (κ1) is 24.5. The van der Waals surface area contributed by atoms with Crippen LogP contribution < -0.4 is 15.4 Å². The van der Waals surface area contributed by atoms with Crippen LogP contribution in [-0.4, -0.2) is 39.1 Å². The van der Waals surface area contributed by atoms with Gasteiger partial charge in [-0.1, -0.05) is 6.07 Å². The van der Waals surface area contributed by atoms with Gasteiger partial charge < -0.3 is 24.8 Å². The lowest BCUT2D eigenvalue weighted by Gasteiger charge is -2.29. The van der Waals surface area contributed by atoms with Gasteiger partial charge in [0.05, 0.1) is 24.9 Å². The first-order valence-electron chi connectivity index (χ1n) is 11.9. The molecule has 5 rings (SSSR count). The number of nitrogens with one attached hydrogen (secondary N) is 2. The van der Waals surface area contributed by atoms with Crippen molar-refractivity contribution < 1.29 is 13.9 Å². The average Bonchev–Trinajstić information content (AvgIpc) is 3.53. The third kappa shape index (κ3) is 5.31. The van der Waals surface area contributed by atoms with Gasteiger partial charge in [-0.25, -0.2) is 4.39 Å². The number of pyridine rings is 1. The number of methoxy groups -OCH3 is 1. The summed E-state index contributed by atoms with van der Waals surface area (Å²) in [7, 11) is 1.64. The largest absolute Gasteiger partial charge is 0.497 e. The van der Waals surface area contributed by atoms with Gasteiger partial charge in [0.15, 0.2) is 5.11 Å². The molecular weight excluding hydrogens is 489 g/mol. The Bertz CT molecular complexity index is 1380. The van der Waals surface area contributed by atoms with Crippen molar-refractivity contribution in [2.45, 2.75) is 18.5 Å². The molecule has 2 atom stereocenters. The highest BCUT2D eigenvalue weighted by Crippen LogP contribution is 2.39. The Morgan fingerprint density at radius 3 is 2.57 bits per heavy atom. The Morgan fingerprint density at radius 1 is 1.08 bits per heavy atom. The molecule has 1 saturated heterocycles. The molecule has 0 aliphatic carbocycles. The van der Waals surface area contributed by atoms with Gasteiger partial charge in [0.1, 0.15) is 11.6 Å². The summed E-state index contributed by atoms with van der Waals surface area (Å²) >= 11 is 5.75. The molecular formula is C28H26FN5O2S. The Labute approximate surface area is 219 Å². The maximum atomic E-state index is 13.2. The minimum atomic E-state index is -0.352. The van der Waals surface area contributed by atoms with E-state index in [1.54, 1.807) is 13.3 Å². The molecule has 3 heterocycles. The summed E-state index contributed by atoms with van der Waals surface area (Å²) < 4.78 is 20.6. The predicted octanol–water partition coefficient (Wildman–Crippen LogP) is 5.02. The second kappa shape index (κ2) is 10.8. The number of halogens is 1. The highest BCUT2D eigenvalue weighted by molar-refractivity contribution is 7.80. The molecule has 2 aromatic carbocycles. The van der Waals surface area contributed by atoms with Crippen LogP contribution in [0.2, 0.25) is 0 Å². The number of benzene rings is 2. The predicted molar refractivity (Wildman–Crippen MR) is 144 cm³/mol. The summed E-state index contributed by atoms with van der Waals surface area (Å²) in [6.45, 7) is 0.390. The van der Waals surface area contributed by atoms with Crippen LogP contribution in [0.3, 0.4) is 0 Å². The fourth-order valence-corrected chi connectivity index (χ4v) is 4.89. The van der Waals surface area contributed by atoms with Crippen molar-refractivity contribution in [1.82, 2.24) is 19.8 Å². The summed E-state index contributed by atoms with van der Waals surface area (Å²) in [6.07, 6.45) is 3.97. The van der Waals surface area contributed by atoms with E-state index in [4.69, 9.17) is 17.0 Å². The maximum absolute atomic E-state index is 13.2. The van der Waals surface area contributed by atoms with Gasteiger partial charge in [-0.2, -0.15) is 0 Å². The van der Waals surface area contributed by atoms with E-state index in [0.29, 0.717) is 17.3 Å². The first-order chi connectivity index (χ1) is 18.0. The molecule has 37 heavy (non-hydrogen) atoms. The monoisotopic (exact) mass is 515 g/mol. The van der Waals surface area contributed by atoms with E-state index >= 15 is 0 Å². The lowest BCUT2D eigenvalue weighted by atomic mass is 10.0. The summed E-state index contributed by atoms with van der Waals surface area (Å²) in [6, 6.07) is 23.0. The zero-order valence-electron chi connectivity index (χ0n) is 20.2. The zero-order chi connectivity index (χ0) is 25.8. The first-order valence-corrected chi connectivity index (χ1v) is 12.3. The number of hydrogen-bond acceptors (Lipinski definition) is 4. The number of carbonyl (C=O) groups excluding carboxylic acids is 1. The van der Waals surface area contributed by atoms with Crippen molar-refractivity contribution in [2.75, 3.05) is 19.0 Å². The van der Waals surface area contributed by atoms with Gasteiger partial charge >= 0.3 is 0 Å². The number of amides is 1. The molecule has 7 nitrogen and oxygen atoms in total. The van der Waals surface area contributed by atoms with Crippen LogP contribution >= 0.6 is 12.2 Å². The van der Waals surface area contributed by atoms with Crippen molar-refractivity contribution in [3.63, 3.8) is 0 Å². The van der Waals surface area contributed by atoms with E-state index in [9.17, 15) is 9.18 Å². The number of aromatic nitrogens is 2. The van der Waals surface area contributed by atoms with Crippen LogP contribution in [0.25, 0.3) is 5.69 Å². The van der Waals surface area contributed by atoms with Gasteiger partial charge in [0.25, 0.3) is 0 Å². The lowest BCUT2D eigenvalue weighted by Crippen LogP contribution is -2.33. The van der Waals surface area contributed by atoms with E-state index in [1.165, 1.54) is 24.3 Å². The van der Waals surface area contributed by atoms with Gasteiger partial charge in [0.2, 0.25) is 5.91 Å². The molecule has 4 aromatic rings. The molecule has 188 valence electrons. The van der Waals surface area contributed by atoms with Crippen LogP contribution in [0.15, 0.2) is 91.3 Å². The number of thiocarbonyl (C=S) groups is 1. The summed E-state index contributed by atoms with van der Waals surface area (Å²) in [4.78, 5) is 19.4. The highest BCUT2D eigenvalue weighted by atomic mass is 32.1. The molecule has 0 radical (unpaired) electrons. The number of carbonyl (C=O) groups is 1. The molecule has 9 heteroatoms. The zero-order valence-corrected chi connectivity index (χ0v) is 21.0. The van der Waals surface area contributed by atoms with Gasteiger partial charge in [-0.15, -0.1) is 0 Å². The number of hydrogen-bond donors (Lipinski definition) is 2. The third-order valence-corrected chi connectivity index (χ3v) is 6.69. The van der Waals surface area contributed by atoms with Crippen molar-refractivity contribution >= 4 is 28.9 Å². The Hall–Kier alpha value is -4.24. The van der Waals surface area contributed by atoms with Crippen LogP contribution in [0.4, 0.5) is 10.1 Å². The molecule has 0 spiro atoms. The SMILES string of the molecule is COc1ccc(-n2cccc2[C@H]2[C@@H](c3ccccn3)NC(=S)N2CCC(=O)Nc2ccc(F)cc2)cc1. The average molecular weight is 516 g/mol. The molecule has 1 fully saturated rings. The van der Waals surface area contributed by atoms with E-state index in [-0.39, 0.29) is 30.2 Å². The van der Waals surface area contributed by atoms with E-state index in [1.807, 2.05) is 59.6 Å². The molecule has 2 aromatic heterocycles. The van der Waals surface area contributed by atoms with Crippen LogP contribution in [0.1, 0.15) is 29.9 Å². The molecule has 0 bridgehead atoms. The molecule has 1 aliphatic rings. The molecule has 1 amide bonds. The minimum Gasteiger partial charge on any atom is -0.497 e. The van der Waals surface area contributed by atoms with Crippen molar-refractivity contribution in [1.29, 1.82) is 0 Å². The van der Waals surface area contributed by atoms with Crippen molar-refractivity contribution in [3.8, 4) is 11.4 Å². The molecule has 2 N–H and O–H groups in total. The third-order valence-electron chi connectivity index (χ3n) is 6.34. The van der Waals surface area contributed by atoms with E-state index in [0.717, 1.165) is 22.8 Å². The van der Waals surface area contributed by atoms with Crippen molar-refractivity contribution in [2.24, 2.45) is 0 Å². The summed E-state index contributed by atoms with van der Waals surface area (Å²) in [5, 5.41) is 6.80. The Balaban J connectivity index is 1.43. The van der Waals surface area contributed by atoms with Gasteiger partial charge in [-0.05, 0) is 85.0 Å². The van der Waals surface area contributed by atoms with Gasteiger partial charge in [-0.3, -0.25) is 9.78 Å². The molecule has 0 unspecified atom stereocenters. The number of ether oxygens (including phenoxy) is 1.